The number of halogens is 1. The van der Waals surface area contributed by atoms with E-state index in [2.05, 4.69) is 57.1 Å². The number of carboxylic acid groups (broad SMARTS) is 1. The normalized spacial score (nSPS) is 9.76. The second-order valence-electron chi connectivity index (χ2n) is 14.4. The molecule has 1 N–H and O–H groups in total. The first-order chi connectivity index (χ1) is 37.1. The number of benzene rings is 6. The number of carbonyl (C=O) groups excluding carboxylic acids is 1. The molecule has 6 aromatic carbocycles. The zero-order valence-electron chi connectivity index (χ0n) is 40.3. The third kappa shape index (κ3) is 22.1. The first kappa shape index (κ1) is 69.6. The van der Waals surface area contributed by atoms with Crippen molar-refractivity contribution in [3.63, 3.8) is 0 Å². The molecule has 4 heterocycles. The molecule has 0 aliphatic heterocycles. The molecular formula is C53H45AgClN8O12Pd2S2-2. The van der Waals surface area contributed by atoms with Crippen LogP contribution in [0.3, 0.4) is 0 Å². The van der Waals surface area contributed by atoms with Crippen LogP contribution < -0.4 is 0 Å². The maximum Gasteiger partial charge on any atom is 0.0267 e. The van der Waals surface area contributed by atoms with E-state index in [9.17, 15) is 37.1 Å². The molecule has 421 valence electrons. The van der Waals surface area contributed by atoms with Crippen molar-refractivity contribution in [3.05, 3.63) is 237 Å². The number of carbonyl (C=O) groups is 1. The maximum absolute atomic E-state index is 12.7. The average molecular weight is 1410 g/mol. The molecule has 0 radical (unpaired) electrons. The van der Waals surface area contributed by atoms with E-state index in [0.29, 0.717) is 21.8 Å². The summed E-state index contributed by atoms with van der Waals surface area (Å²) in [5, 5.41) is 33.6. The van der Waals surface area contributed by atoms with Crippen LogP contribution in [0, 0.1) is 20.2 Å². The Morgan fingerprint density at radius 3 is 1.10 bits per heavy atom. The van der Waals surface area contributed by atoms with Crippen LogP contribution in [0.2, 0.25) is 0 Å². The van der Waals surface area contributed by atoms with Crippen molar-refractivity contribution in [1.82, 2.24) is 19.9 Å². The topological polar surface area (TPSA) is 306 Å². The van der Waals surface area contributed by atoms with Crippen LogP contribution in [0.15, 0.2) is 217 Å². The van der Waals surface area contributed by atoms with Gasteiger partial charge in [0, 0.05) is 99.6 Å². The van der Waals surface area contributed by atoms with E-state index in [-0.39, 0.29) is 60.4 Å². The van der Waals surface area contributed by atoms with Crippen molar-refractivity contribution in [1.29, 1.82) is 0 Å². The number of carboxylic acids is 1. The van der Waals surface area contributed by atoms with Gasteiger partial charge in [-0.2, -0.15) is 6.92 Å². The van der Waals surface area contributed by atoms with Crippen LogP contribution in [0.25, 0.3) is 52.8 Å². The van der Waals surface area contributed by atoms with Crippen LogP contribution in [0.5, 0.6) is 0 Å². The van der Waals surface area contributed by atoms with Crippen molar-refractivity contribution in [3.8, 4) is 0 Å². The van der Waals surface area contributed by atoms with Crippen molar-refractivity contribution in [2.24, 2.45) is 0 Å². The van der Waals surface area contributed by atoms with E-state index in [1.54, 1.807) is 82.5 Å². The molecule has 0 fully saturated rings. The third-order valence-corrected chi connectivity index (χ3v) is 12.1. The van der Waals surface area contributed by atoms with Gasteiger partial charge in [-0.25, -0.2) is 16.8 Å². The van der Waals surface area contributed by atoms with Crippen LogP contribution in [-0.2, 0) is 92.5 Å². The molecule has 0 bridgehead atoms. The van der Waals surface area contributed by atoms with E-state index in [1.165, 1.54) is 37.5 Å². The third-order valence-electron chi connectivity index (χ3n) is 9.45. The molecule has 0 atom stereocenters. The second kappa shape index (κ2) is 36.6. The first-order valence-corrected chi connectivity index (χ1v) is 27.0. The fourth-order valence-corrected chi connectivity index (χ4v) is 8.40. The molecule has 20 nitrogen and oxygen atoms in total. The maximum atomic E-state index is 12.7. The minimum absolute atomic E-state index is 0. The van der Waals surface area contributed by atoms with Crippen molar-refractivity contribution in [2.75, 3.05) is 0 Å². The Hall–Kier alpha value is -7.45. The number of pyridine rings is 4. The Labute approximate surface area is 495 Å². The van der Waals surface area contributed by atoms with E-state index in [4.69, 9.17) is 17.9 Å². The Bertz CT molecular complexity index is 3450. The van der Waals surface area contributed by atoms with Gasteiger partial charge in [0.15, 0.2) is 0 Å². The molecule has 10 aromatic rings. The minimum atomic E-state index is -4.04. The summed E-state index contributed by atoms with van der Waals surface area (Å²) >= 11 is 3.92. The number of hydrogen-bond donors (Lipinski definition) is 1. The molecule has 10 rings (SSSR count). The summed E-state index contributed by atoms with van der Waals surface area (Å²) in [6.07, 6.45) is 11.8. The minimum Gasteiger partial charge on any atom is -0.265 e. The van der Waals surface area contributed by atoms with E-state index in [0.717, 1.165) is 52.7 Å². The fraction of sp³-hybridized carbons (Fsp3) is 0.0566. The van der Waals surface area contributed by atoms with E-state index in [1.807, 2.05) is 97.1 Å². The van der Waals surface area contributed by atoms with Gasteiger partial charge in [0.05, 0.1) is 30.7 Å². The zero-order valence-corrected chi connectivity index (χ0v) is 47.3. The van der Waals surface area contributed by atoms with Gasteiger partial charge in [-0.1, -0.05) is 92.4 Å². The quantitative estimate of drug-likeness (QED) is 0.0486. The number of rotatable bonds is 8. The van der Waals surface area contributed by atoms with Gasteiger partial charge in [-0.15, -0.1) is 11.4 Å². The second-order valence-corrected chi connectivity index (χ2v) is 17.6. The summed E-state index contributed by atoms with van der Waals surface area (Å²) in [5.74, 6) is -0.833. The van der Waals surface area contributed by atoms with E-state index >= 15 is 0 Å². The molecule has 0 saturated carbocycles. The first-order valence-electron chi connectivity index (χ1n) is 21.5. The predicted molar refractivity (Wildman–Crippen MR) is 292 cm³/mol. The summed E-state index contributed by atoms with van der Waals surface area (Å²) < 4.78 is 66.8. The number of aromatic nitrogens is 4. The monoisotopic (exact) mass is 1400 g/mol. The van der Waals surface area contributed by atoms with Gasteiger partial charge < -0.3 is 19.3 Å². The van der Waals surface area contributed by atoms with Crippen LogP contribution in [-0.4, -0.2) is 64.0 Å². The molecular weight excluding hydrogens is 1360 g/mol. The summed E-state index contributed by atoms with van der Waals surface area (Å²) in [6.45, 7) is 2.40. The molecule has 0 unspecified atom stereocenters. The number of aliphatic carboxylic acids is 1. The number of nitrogens with zero attached hydrogens (tertiary/aromatic N) is 8. The van der Waals surface area contributed by atoms with Crippen LogP contribution >= 0.6 is 9.53 Å². The standard InChI is InChI=1S/2C19H12N3O4S.2C5H5N.C2H4O2.C2H3O.CH4.Ag.ClH.O.2Pd/c2*23-22(24)15-8-10-16(11-9-15)27(25,26)21-17-5-1-3-13-6-7-14-4-2-12-20-19(14)18(13)17;2*1-2-4-6-5-3-1;1-2(3)4;1-2-3;;;;;;/h2*1-12H;2*1-5H;1H3,(H,3,4);1H3;1H4;;1H;;;/q2*-1;;;;-1;;;;;;+2/p-1. The summed E-state index contributed by atoms with van der Waals surface area (Å²) in [6, 6.07) is 46.1. The summed E-state index contributed by atoms with van der Waals surface area (Å²) in [4.78, 5) is 54.1. The number of fused-ring (bicyclic) bond motifs is 6. The number of non-ortho nitro benzene ring substituents is 2. The van der Waals surface area contributed by atoms with Crippen molar-refractivity contribution in [2.45, 2.75) is 31.1 Å². The Morgan fingerprint density at radius 2 is 0.835 bits per heavy atom. The van der Waals surface area contributed by atoms with Gasteiger partial charge in [-0.05, 0) is 82.2 Å². The van der Waals surface area contributed by atoms with Gasteiger partial charge in [0.1, 0.15) is 20.0 Å². The Morgan fingerprint density at radius 1 is 0.544 bits per heavy atom. The van der Waals surface area contributed by atoms with Crippen molar-refractivity contribution < 1.29 is 104 Å². The van der Waals surface area contributed by atoms with Gasteiger partial charge in [0.25, 0.3) is 17.3 Å². The van der Waals surface area contributed by atoms with Gasteiger partial charge in [0.2, 0.25) is 0 Å². The average Bonchev–Trinajstić information content (AvgIpc) is 3.45. The number of nitro benzene ring substituents is 2. The molecule has 0 aliphatic carbocycles. The van der Waals surface area contributed by atoms with Crippen LogP contribution in [0.1, 0.15) is 21.3 Å². The predicted octanol–water partition coefficient (Wildman–Crippen LogP) is 12.9. The largest absolute Gasteiger partial charge is 0.265 e. The molecule has 26 heteroatoms. The molecule has 0 amide bonds. The molecule has 0 spiro atoms. The SMILES string of the molecule is C.CC(=O)O.C[C-]=O.O=[N+]([O-])c1ccc(S(=O)(=O)[N-]c2cccc3ccc4cccnc4c23)cc1.O=[N+]([O-])c1ccc(S(=O)(=O)[N-]c2cccc3ccc4cccnc4c23)cc1.[Cl][Pd+].[O]=[Ag].[Pd].c1ccncc1.c1ccncc1. The number of nitro groups is 2. The Balaban J connectivity index is 0.000000557. The molecule has 4 aromatic heterocycles. The smallest absolute Gasteiger partial charge is 0.0267 e. The zero-order chi connectivity index (χ0) is 56.8. The number of sulfonamides is 2. The Kier molecular flexibility index (Phi) is 32.2. The summed E-state index contributed by atoms with van der Waals surface area (Å²) in [7, 11) is -3.59. The summed E-state index contributed by atoms with van der Waals surface area (Å²) in [5.41, 5.74) is 1.50. The van der Waals surface area contributed by atoms with Gasteiger partial charge >= 0.3 is 52.0 Å². The molecule has 79 heavy (non-hydrogen) atoms. The van der Waals surface area contributed by atoms with Crippen molar-refractivity contribution >= 4 is 108 Å². The van der Waals surface area contributed by atoms with Crippen LogP contribution in [0.4, 0.5) is 22.7 Å². The number of hydrogen-bond acceptors (Lipinski definition) is 15. The van der Waals surface area contributed by atoms with Gasteiger partial charge in [-0.3, -0.25) is 51.2 Å². The molecule has 0 aliphatic rings. The molecule has 0 saturated heterocycles. The fourth-order valence-electron chi connectivity index (χ4n) is 6.41. The van der Waals surface area contributed by atoms with E-state index < -0.39 is 35.9 Å².